The van der Waals surface area contributed by atoms with Crippen LogP contribution in [0.3, 0.4) is 0 Å². The Bertz CT molecular complexity index is 3730. The SMILES string of the molecule is CC1(C)c2ccccc2-c2ccc3c(c21)c1cc(-c2ccc4oc5cccc(-c6ccc7c(c6)c6ccccc6n7-c6ccccc6)c5c4c2)ccc1n3-c1ccccc1. The second kappa shape index (κ2) is 12.2. The number of benzene rings is 9. The Hall–Kier alpha value is -7.62. The Balaban J connectivity index is 1.02. The molecule has 1 aliphatic carbocycles. The molecule has 0 amide bonds. The van der Waals surface area contributed by atoms with Crippen LogP contribution in [-0.2, 0) is 5.41 Å². The first kappa shape index (κ1) is 33.4. The van der Waals surface area contributed by atoms with Crippen molar-refractivity contribution >= 4 is 65.6 Å². The second-order valence-corrected chi connectivity index (χ2v) is 16.9. The topological polar surface area (TPSA) is 23.0 Å². The molecule has 3 nitrogen and oxygen atoms in total. The van der Waals surface area contributed by atoms with Crippen LogP contribution in [0.1, 0.15) is 25.0 Å². The summed E-state index contributed by atoms with van der Waals surface area (Å²) in [5, 5.41) is 7.33. The molecule has 3 aromatic heterocycles. The number of hydrogen-bond donors (Lipinski definition) is 0. The molecule has 0 fully saturated rings. The van der Waals surface area contributed by atoms with Gasteiger partial charge in [-0.15, -0.1) is 0 Å². The van der Waals surface area contributed by atoms with E-state index >= 15 is 0 Å². The van der Waals surface area contributed by atoms with Gasteiger partial charge in [-0.25, -0.2) is 0 Å². The van der Waals surface area contributed by atoms with Crippen LogP contribution < -0.4 is 0 Å². The summed E-state index contributed by atoms with van der Waals surface area (Å²) in [7, 11) is 0. The zero-order valence-electron chi connectivity index (χ0n) is 33.3. The van der Waals surface area contributed by atoms with Crippen molar-refractivity contribution in [2.75, 3.05) is 0 Å². The monoisotopic (exact) mass is 766 g/mol. The molecule has 0 unspecified atom stereocenters. The summed E-state index contributed by atoms with van der Waals surface area (Å²) < 4.78 is 11.4. The van der Waals surface area contributed by atoms with Crippen molar-refractivity contribution in [2.45, 2.75) is 19.3 Å². The number of furan rings is 1. The standard InChI is InChI=1S/C57H38N2O/c1-57(2)47-21-11-9-18-41(47)43-27-30-51-55(56(43)57)45-32-35(24-28-50(45)59(51)39-16-7-4-8-17-39)36-26-31-52-46(33-36)54-40(20-13-23-53(54)60-52)37-25-29-49-44(34-37)42-19-10-12-22-48(42)58(49)38-14-5-3-6-15-38/h3-34H,1-2H3. The van der Waals surface area contributed by atoms with Gasteiger partial charge < -0.3 is 13.6 Å². The third kappa shape index (κ3) is 4.55. The van der Waals surface area contributed by atoms with E-state index in [1.807, 2.05) is 0 Å². The van der Waals surface area contributed by atoms with E-state index in [1.165, 1.54) is 93.8 Å². The Morgan fingerprint density at radius 3 is 1.75 bits per heavy atom. The van der Waals surface area contributed by atoms with Gasteiger partial charge in [-0.3, -0.25) is 0 Å². The first-order valence-corrected chi connectivity index (χ1v) is 20.8. The van der Waals surface area contributed by atoms with Crippen molar-refractivity contribution in [1.82, 2.24) is 9.13 Å². The maximum atomic E-state index is 6.60. The van der Waals surface area contributed by atoms with Gasteiger partial charge in [0.1, 0.15) is 11.2 Å². The van der Waals surface area contributed by atoms with E-state index in [0.29, 0.717) is 0 Å². The molecule has 0 aliphatic heterocycles. The quantitative estimate of drug-likeness (QED) is 0.175. The highest BCUT2D eigenvalue weighted by Crippen LogP contribution is 2.53. The maximum absolute atomic E-state index is 6.60. The fourth-order valence-electron chi connectivity index (χ4n) is 10.7. The maximum Gasteiger partial charge on any atom is 0.136 e. The third-order valence-electron chi connectivity index (χ3n) is 13.3. The molecule has 12 aromatic rings. The summed E-state index contributed by atoms with van der Waals surface area (Å²) in [6.07, 6.45) is 0. The van der Waals surface area contributed by atoms with Crippen LogP contribution in [0.5, 0.6) is 0 Å². The number of aromatic nitrogens is 2. The van der Waals surface area contributed by atoms with Gasteiger partial charge in [0.15, 0.2) is 0 Å². The molecule has 0 bridgehead atoms. The van der Waals surface area contributed by atoms with Crippen LogP contribution in [0.2, 0.25) is 0 Å². The van der Waals surface area contributed by atoms with Crippen LogP contribution in [0.25, 0.3) is 110 Å². The van der Waals surface area contributed by atoms with Crippen LogP contribution in [0.15, 0.2) is 199 Å². The van der Waals surface area contributed by atoms with E-state index in [-0.39, 0.29) is 5.41 Å². The molecule has 3 heteroatoms. The van der Waals surface area contributed by atoms with E-state index in [4.69, 9.17) is 4.42 Å². The highest BCUT2D eigenvalue weighted by atomic mass is 16.3. The highest BCUT2D eigenvalue weighted by Gasteiger charge is 2.38. The Labute approximate surface area is 347 Å². The second-order valence-electron chi connectivity index (χ2n) is 16.9. The van der Waals surface area contributed by atoms with Crippen molar-refractivity contribution in [2.24, 2.45) is 0 Å². The average Bonchev–Trinajstić information content (AvgIpc) is 4.01. The first-order chi connectivity index (χ1) is 29.5. The summed E-state index contributed by atoms with van der Waals surface area (Å²) in [6, 6.07) is 70.9. The molecule has 3 heterocycles. The lowest BCUT2D eigenvalue weighted by atomic mass is 9.80. The van der Waals surface area contributed by atoms with E-state index in [2.05, 4.69) is 217 Å². The molecule has 60 heavy (non-hydrogen) atoms. The largest absolute Gasteiger partial charge is 0.456 e. The fourth-order valence-corrected chi connectivity index (χ4v) is 10.7. The summed E-state index contributed by atoms with van der Waals surface area (Å²) >= 11 is 0. The van der Waals surface area contributed by atoms with Crippen molar-refractivity contribution < 1.29 is 4.42 Å². The van der Waals surface area contributed by atoms with Crippen molar-refractivity contribution in [3.8, 4) is 44.8 Å². The lowest BCUT2D eigenvalue weighted by molar-refractivity contribution is 0.666. The molecule has 0 atom stereocenters. The Morgan fingerprint density at radius 1 is 0.367 bits per heavy atom. The highest BCUT2D eigenvalue weighted by molar-refractivity contribution is 6.17. The molecule has 0 saturated heterocycles. The number of rotatable bonds is 4. The Kier molecular flexibility index (Phi) is 6.78. The van der Waals surface area contributed by atoms with Crippen LogP contribution in [0, 0.1) is 0 Å². The third-order valence-corrected chi connectivity index (χ3v) is 13.3. The van der Waals surface area contributed by atoms with Gasteiger partial charge in [0.05, 0.1) is 22.1 Å². The summed E-state index contributed by atoms with van der Waals surface area (Å²) in [5.74, 6) is 0. The van der Waals surface area contributed by atoms with Gasteiger partial charge in [-0.05, 0) is 123 Å². The van der Waals surface area contributed by atoms with Crippen LogP contribution in [0.4, 0.5) is 0 Å². The van der Waals surface area contributed by atoms with Gasteiger partial charge in [-0.2, -0.15) is 0 Å². The molecule has 0 radical (unpaired) electrons. The van der Waals surface area contributed by atoms with Gasteiger partial charge in [-0.1, -0.05) is 129 Å². The normalized spacial score (nSPS) is 13.3. The lowest BCUT2D eigenvalue weighted by Gasteiger charge is -2.22. The van der Waals surface area contributed by atoms with E-state index < -0.39 is 0 Å². The molecular weight excluding hydrogens is 729 g/mol. The lowest BCUT2D eigenvalue weighted by Crippen LogP contribution is -2.15. The Morgan fingerprint density at radius 2 is 0.950 bits per heavy atom. The molecule has 0 spiro atoms. The minimum atomic E-state index is -0.151. The number of fused-ring (bicyclic) bond motifs is 13. The van der Waals surface area contributed by atoms with Gasteiger partial charge >= 0.3 is 0 Å². The van der Waals surface area contributed by atoms with Crippen LogP contribution >= 0.6 is 0 Å². The minimum absolute atomic E-state index is 0.151. The smallest absolute Gasteiger partial charge is 0.136 e. The summed E-state index contributed by atoms with van der Waals surface area (Å²) in [4.78, 5) is 0. The molecule has 13 rings (SSSR count). The van der Waals surface area contributed by atoms with Gasteiger partial charge in [0, 0.05) is 49.1 Å². The molecule has 9 aromatic carbocycles. The molecular formula is C57H38N2O. The van der Waals surface area contributed by atoms with Crippen LogP contribution in [-0.4, -0.2) is 9.13 Å². The van der Waals surface area contributed by atoms with Gasteiger partial charge in [0.25, 0.3) is 0 Å². The molecule has 0 saturated carbocycles. The van der Waals surface area contributed by atoms with E-state index in [1.54, 1.807) is 0 Å². The van der Waals surface area contributed by atoms with E-state index in [9.17, 15) is 0 Å². The fraction of sp³-hybridized carbons (Fsp3) is 0.0526. The molecule has 282 valence electrons. The average molecular weight is 767 g/mol. The summed E-state index contributed by atoms with van der Waals surface area (Å²) in [6.45, 7) is 4.78. The van der Waals surface area contributed by atoms with E-state index in [0.717, 1.165) is 27.6 Å². The number of para-hydroxylation sites is 3. The predicted octanol–water partition coefficient (Wildman–Crippen LogP) is 15.4. The van der Waals surface area contributed by atoms with Crippen molar-refractivity contribution in [3.63, 3.8) is 0 Å². The molecule has 0 N–H and O–H groups in total. The first-order valence-electron chi connectivity index (χ1n) is 20.8. The van der Waals surface area contributed by atoms with Crippen molar-refractivity contribution in [1.29, 1.82) is 0 Å². The zero-order chi connectivity index (χ0) is 39.7. The predicted molar refractivity (Wildman–Crippen MR) is 251 cm³/mol. The number of hydrogen-bond acceptors (Lipinski definition) is 1. The number of nitrogens with zero attached hydrogens (tertiary/aromatic N) is 2. The van der Waals surface area contributed by atoms with Crippen molar-refractivity contribution in [3.05, 3.63) is 205 Å². The minimum Gasteiger partial charge on any atom is -0.456 e. The van der Waals surface area contributed by atoms with Gasteiger partial charge in [0.2, 0.25) is 0 Å². The molecule has 1 aliphatic rings. The zero-order valence-corrected chi connectivity index (χ0v) is 33.3. The summed E-state index contributed by atoms with van der Waals surface area (Å²) in [5.41, 5.74) is 19.0.